The van der Waals surface area contributed by atoms with Gasteiger partial charge in [0.1, 0.15) is 20.6 Å². The number of halogens is 11. The van der Waals surface area contributed by atoms with Crippen LogP contribution in [-0.2, 0) is 12.4 Å². The van der Waals surface area contributed by atoms with Gasteiger partial charge in [0.25, 0.3) is 0 Å². The van der Waals surface area contributed by atoms with Gasteiger partial charge in [0, 0.05) is 39.4 Å². The molecule has 0 atom stereocenters. The van der Waals surface area contributed by atoms with Crippen molar-refractivity contribution >= 4 is 81.6 Å². The molecule has 0 aliphatic heterocycles. The smallest absolute Gasteiger partial charge is 0.423 e. The fraction of sp³-hybridized carbons (Fsp3) is 0.100. The molecule has 40 heavy (non-hydrogen) atoms. The monoisotopic (exact) mass is 758 g/mol. The molecule has 8 nitrogen and oxygen atoms in total. The van der Waals surface area contributed by atoms with E-state index in [4.69, 9.17) is 56.5 Å². The minimum atomic E-state index is -4.61. The lowest BCUT2D eigenvalue weighted by molar-refractivity contribution is -0.145. The molecule has 0 unspecified atom stereocenters. The van der Waals surface area contributed by atoms with Crippen LogP contribution in [0.1, 0.15) is 11.6 Å². The lowest BCUT2D eigenvalue weighted by Crippen LogP contribution is -2.31. The maximum absolute atomic E-state index is 12.3. The summed E-state index contributed by atoms with van der Waals surface area (Å²) in [5, 5.41) is 18.2. The van der Waals surface area contributed by atoms with Crippen LogP contribution in [0.4, 0.5) is 26.3 Å². The molecule has 0 bridgehead atoms. The van der Waals surface area contributed by atoms with E-state index in [2.05, 4.69) is 52.5 Å². The van der Waals surface area contributed by atoms with E-state index in [0.29, 0.717) is 33.8 Å². The first-order valence-corrected chi connectivity index (χ1v) is 12.5. The first kappa shape index (κ1) is 34.1. The van der Waals surface area contributed by atoms with Crippen LogP contribution in [0.15, 0.2) is 49.1 Å². The Labute approximate surface area is 255 Å². The molecule has 4 aromatic heterocycles. The minimum absolute atomic E-state index is 0.136. The molecule has 0 spiro atoms. The van der Waals surface area contributed by atoms with Crippen molar-refractivity contribution in [3.05, 3.63) is 84.9 Å². The molecule has 0 fully saturated rings. The van der Waals surface area contributed by atoms with Crippen LogP contribution in [0.5, 0.6) is 0 Å². The first-order chi connectivity index (χ1) is 18.5. The van der Waals surface area contributed by atoms with Gasteiger partial charge < -0.3 is 10.0 Å². The van der Waals surface area contributed by atoms with Gasteiger partial charge in [-0.15, -0.1) is 0 Å². The largest absolute Gasteiger partial charge is 0.491 e. The Morgan fingerprint density at radius 1 is 0.600 bits per heavy atom. The van der Waals surface area contributed by atoms with Gasteiger partial charge in [0.2, 0.25) is 11.6 Å². The highest BCUT2D eigenvalue weighted by Crippen LogP contribution is 2.28. The molecule has 4 aromatic rings. The third-order valence-corrected chi connectivity index (χ3v) is 5.35. The Morgan fingerprint density at radius 3 is 1.27 bits per heavy atom. The van der Waals surface area contributed by atoms with E-state index < -0.39 is 31.1 Å². The number of aromatic nitrogens is 6. The van der Waals surface area contributed by atoms with Crippen LogP contribution >= 0.6 is 69.0 Å². The molecule has 4 rings (SSSR count). The van der Waals surface area contributed by atoms with Gasteiger partial charge in [-0.3, -0.25) is 0 Å². The zero-order valence-electron chi connectivity index (χ0n) is 18.9. The number of hydrogen-bond acceptors (Lipinski definition) is 8. The molecule has 20 heteroatoms. The zero-order valence-corrected chi connectivity index (χ0v) is 24.1. The molecular weight excluding hydrogens is 750 g/mol. The van der Waals surface area contributed by atoms with Crippen LogP contribution in [0.2, 0.25) is 20.6 Å². The molecule has 0 aliphatic carbocycles. The molecule has 0 saturated heterocycles. The normalized spacial score (nSPS) is 11.1. The number of rotatable bonds is 2. The molecule has 2 N–H and O–H groups in total. The Morgan fingerprint density at radius 2 is 0.950 bits per heavy atom. The third kappa shape index (κ3) is 11.4. The quantitative estimate of drug-likeness (QED) is 0.110. The van der Waals surface area contributed by atoms with E-state index in [9.17, 15) is 26.3 Å². The average molecular weight is 760 g/mol. The summed E-state index contributed by atoms with van der Waals surface area (Å²) in [6, 6.07) is 6.40. The Kier molecular flexibility index (Phi) is 12.5. The molecule has 0 aromatic carbocycles. The SMILES string of the molecule is Clc1cc(I)cc(Cl)n1.FC(F)(F)c1ncc(-c2cc(Cl)nc(Cl)c2)cn1.OB(O)c1cnc(C(F)(F)F)nc1. The maximum Gasteiger partial charge on any atom is 0.491 e. The lowest BCUT2D eigenvalue weighted by Gasteiger charge is -2.06. The summed E-state index contributed by atoms with van der Waals surface area (Å²) in [5.74, 6) is -2.51. The summed E-state index contributed by atoms with van der Waals surface area (Å²) in [7, 11) is -1.86. The van der Waals surface area contributed by atoms with Crippen LogP contribution in [0.25, 0.3) is 11.1 Å². The van der Waals surface area contributed by atoms with E-state index in [0.717, 1.165) is 16.0 Å². The minimum Gasteiger partial charge on any atom is -0.423 e. The number of pyridine rings is 2. The van der Waals surface area contributed by atoms with Crippen molar-refractivity contribution in [2.24, 2.45) is 0 Å². The van der Waals surface area contributed by atoms with Crippen LogP contribution in [-0.4, -0.2) is 47.1 Å². The van der Waals surface area contributed by atoms with E-state index >= 15 is 0 Å². The average Bonchev–Trinajstić information content (AvgIpc) is 2.82. The Balaban J connectivity index is 0.000000224. The number of nitrogens with zero attached hydrogens (tertiary/aromatic N) is 6. The molecule has 0 amide bonds. The summed E-state index contributed by atoms with van der Waals surface area (Å²) < 4.78 is 73.4. The van der Waals surface area contributed by atoms with Gasteiger partial charge in [0.15, 0.2) is 0 Å². The highest BCUT2D eigenvalue weighted by atomic mass is 127. The van der Waals surface area contributed by atoms with Crippen LogP contribution < -0.4 is 5.46 Å². The van der Waals surface area contributed by atoms with E-state index in [1.807, 2.05) is 0 Å². The Hall–Kier alpha value is -2.09. The maximum atomic E-state index is 12.3. The fourth-order valence-electron chi connectivity index (χ4n) is 2.31. The molecule has 0 saturated carbocycles. The predicted octanol–water partition coefficient (Wildman–Crippen LogP) is 6.03. The molecular formula is C20H10BCl4F6IN6O2. The van der Waals surface area contributed by atoms with E-state index in [1.165, 1.54) is 12.1 Å². The zero-order chi connectivity index (χ0) is 30.3. The predicted molar refractivity (Wildman–Crippen MR) is 144 cm³/mol. The van der Waals surface area contributed by atoms with Crippen molar-refractivity contribution in [1.29, 1.82) is 0 Å². The van der Waals surface area contributed by atoms with Gasteiger partial charge in [-0.05, 0) is 52.4 Å². The van der Waals surface area contributed by atoms with Crippen molar-refractivity contribution in [2.75, 3.05) is 0 Å². The molecule has 4 heterocycles. The van der Waals surface area contributed by atoms with Crippen LogP contribution in [0, 0.1) is 3.57 Å². The lowest BCUT2D eigenvalue weighted by atomic mass is 9.83. The standard InChI is InChI=1S/C10H4Cl2F3N3.C5H4BF3N2O2.C5H2Cl2IN/c11-7-1-5(2-8(12)18-7)6-3-16-9(17-4-6)10(13,14)15;7-5(8,9)4-10-1-3(2-11-4)6(12)13;6-4-1-3(8)2-5(7)9-4/h1-4H;1-2,12-13H;1-2H. The summed E-state index contributed by atoms with van der Waals surface area (Å²) in [5.41, 5.74) is 0.677. The topological polar surface area (TPSA) is 118 Å². The summed E-state index contributed by atoms with van der Waals surface area (Å²) in [6.07, 6.45) is -5.65. The first-order valence-electron chi connectivity index (χ1n) is 9.92. The molecule has 0 aliphatic rings. The van der Waals surface area contributed by atoms with Crippen molar-refractivity contribution in [3.63, 3.8) is 0 Å². The number of hydrogen-bond donors (Lipinski definition) is 2. The van der Waals surface area contributed by atoms with Gasteiger partial charge in [-0.25, -0.2) is 29.9 Å². The van der Waals surface area contributed by atoms with Crippen LogP contribution in [0.3, 0.4) is 0 Å². The van der Waals surface area contributed by atoms with E-state index in [1.54, 1.807) is 12.1 Å². The fourth-order valence-corrected chi connectivity index (χ4v) is 4.19. The second kappa shape index (κ2) is 14.7. The summed E-state index contributed by atoms with van der Waals surface area (Å²) >= 11 is 24.6. The van der Waals surface area contributed by atoms with Crippen molar-refractivity contribution in [1.82, 2.24) is 29.9 Å². The molecule has 0 radical (unpaired) electrons. The van der Waals surface area contributed by atoms with Crippen molar-refractivity contribution in [2.45, 2.75) is 12.4 Å². The van der Waals surface area contributed by atoms with E-state index in [-0.39, 0.29) is 15.8 Å². The third-order valence-electron chi connectivity index (χ3n) is 3.95. The summed E-state index contributed by atoms with van der Waals surface area (Å²) in [4.78, 5) is 19.8. The summed E-state index contributed by atoms with van der Waals surface area (Å²) in [6.45, 7) is 0. The van der Waals surface area contributed by atoms with Crippen molar-refractivity contribution in [3.8, 4) is 11.1 Å². The highest BCUT2D eigenvalue weighted by Gasteiger charge is 2.35. The van der Waals surface area contributed by atoms with Gasteiger partial charge in [-0.1, -0.05) is 46.4 Å². The Bertz CT molecular complexity index is 1350. The highest BCUT2D eigenvalue weighted by molar-refractivity contribution is 14.1. The second-order valence-electron chi connectivity index (χ2n) is 6.94. The van der Waals surface area contributed by atoms with Gasteiger partial charge >= 0.3 is 19.5 Å². The van der Waals surface area contributed by atoms with Crippen molar-refractivity contribution < 1.29 is 36.4 Å². The van der Waals surface area contributed by atoms with Gasteiger partial charge in [0.05, 0.1) is 0 Å². The second-order valence-corrected chi connectivity index (χ2v) is 9.73. The van der Waals surface area contributed by atoms with Gasteiger partial charge in [-0.2, -0.15) is 26.3 Å². The number of alkyl halides is 6. The molecule has 212 valence electrons.